The number of aromatic amines is 1. The van der Waals surface area contributed by atoms with Gasteiger partial charge >= 0.3 is 0 Å². The quantitative estimate of drug-likeness (QED) is 0.627. The molecule has 0 atom stereocenters. The van der Waals surface area contributed by atoms with Crippen molar-refractivity contribution >= 4 is 23.6 Å². The van der Waals surface area contributed by atoms with Gasteiger partial charge in [0.15, 0.2) is 11.0 Å². The molecule has 0 aromatic carbocycles. The molecule has 0 saturated heterocycles. The van der Waals surface area contributed by atoms with Crippen LogP contribution in [0.25, 0.3) is 0 Å². The molecule has 7 heteroatoms. The van der Waals surface area contributed by atoms with Crippen LogP contribution in [0.5, 0.6) is 0 Å². The zero-order chi connectivity index (χ0) is 11.4. The van der Waals surface area contributed by atoms with Crippen LogP contribution in [0.1, 0.15) is 11.5 Å². The van der Waals surface area contributed by atoms with Gasteiger partial charge in [-0.05, 0) is 19.1 Å². The molecule has 82 valence electrons. The van der Waals surface area contributed by atoms with Gasteiger partial charge < -0.3 is 4.98 Å². The molecule has 0 unspecified atom stereocenters. The number of hydrazone groups is 1. The Morgan fingerprint density at radius 2 is 2.31 bits per heavy atom. The standard InChI is InChI=1S/C9H9ClN6/c1-6-11-4-7(13-6)5-12-15-9-3-2-8(10)14-16-9/h2-5H,1H3,(H,11,13)(H,15,16)/b12-5-. The SMILES string of the molecule is Cc1ncc(/C=N\Nc2ccc(Cl)nn2)[nH]1. The third-order valence-corrected chi connectivity index (χ3v) is 1.94. The zero-order valence-electron chi connectivity index (χ0n) is 8.48. The summed E-state index contributed by atoms with van der Waals surface area (Å²) in [6, 6.07) is 3.32. The first kappa shape index (κ1) is 10.6. The monoisotopic (exact) mass is 236 g/mol. The average molecular weight is 237 g/mol. The summed E-state index contributed by atoms with van der Waals surface area (Å²) in [4.78, 5) is 7.05. The minimum Gasteiger partial charge on any atom is -0.341 e. The molecule has 2 heterocycles. The van der Waals surface area contributed by atoms with Gasteiger partial charge in [0.2, 0.25) is 0 Å². The van der Waals surface area contributed by atoms with Gasteiger partial charge in [-0.2, -0.15) is 5.10 Å². The summed E-state index contributed by atoms with van der Waals surface area (Å²) >= 11 is 5.59. The van der Waals surface area contributed by atoms with Gasteiger partial charge in [-0.1, -0.05) is 11.6 Å². The van der Waals surface area contributed by atoms with Crippen molar-refractivity contribution in [3.05, 3.63) is 35.0 Å². The minimum absolute atomic E-state index is 0.346. The summed E-state index contributed by atoms with van der Waals surface area (Å²) in [5.41, 5.74) is 3.53. The van der Waals surface area contributed by atoms with E-state index in [1.165, 1.54) is 0 Å². The maximum Gasteiger partial charge on any atom is 0.168 e. The molecule has 0 aliphatic carbocycles. The molecule has 0 fully saturated rings. The largest absolute Gasteiger partial charge is 0.341 e. The second-order valence-electron chi connectivity index (χ2n) is 3.04. The van der Waals surface area contributed by atoms with Crippen LogP contribution in [-0.2, 0) is 0 Å². The second kappa shape index (κ2) is 4.71. The van der Waals surface area contributed by atoms with Crippen molar-refractivity contribution in [3.63, 3.8) is 0 Å². The van der Waals surface area contributed by atoms with Crippen LogP contribution in [0.15, 0.2) is 23.4 Å². The van der Waals surface area contributed by atoms with E-state index in [2.05, 4.69) is 30.7 Å². The lowest BCUT2D eigenvalue weighted by molar-refractivity contribution is 1.02. The van der Waals surface area contributed by atoms with Crippen molar-refractivity contribution in [1.29, 1.82) is 0 Å². The summed E-state index contributed by atoms with van der Waals surface area (Å²) in [6.07, 6.45) is 3.30. The number of aromatic nitrogens is 4. The van der Waals surface area contributed by atoms with E-state index in [4.69, 9.17) is 11.6 Å². The first-order valence-electron chi connectivity index (χ1n) is 4.54. The number of aryl methyl sites for hydroxylation is 1. The second-order valence-corrected chi connectivity index (χ2v) is 3.42. The van der Waals surface area contributed by atoms with E-state index in [-0.39, 0.29) is 0 Å². The average Bonchev–Trinajstić information content (AvgIpc) is 2.67. The minimum atomic E-state index is 0.346. The van der Waals surface area contributed by atoms with Crippen LogP contribution in [0.4, 0.5) is 5.82 Å². The van der Waals surface area contributed by atoms with E-state index in [0.717, 1.165) is 11.5 Å². The van der Waals surface area contributed by atoms with Crippen molar-refractivity contribution in [3.8, 4) is 0 Å². The molecule has 0 spiro atoms. The molecule has 0 aliphatic heterocycles. The fourth-order valence-corrected chi connectivity index (χ4v) is 1.15. The molecule has 0 bridgehead atoms. The van der Waals surface area contributed by atoms with Crippen LogP contribution >= 0.6 is 11.6 Å². The summed E-state index contributed by atoms with van der Waals surface area (Å²) in [6.45, 7) is 1.87. The number of halogens is 1. The van der Waals surface area contributed by atoms with Gasteiger partial charge in [0.05, 0.1) is 18.1 Å². The highest BCUT2D eigenvalue weighted by atomic mass is 35.5. The Morgan fingerprint density at radius 3 is 2.94 bits per heavy atom. The summed E-state index contributed by atoms with van der Waals surface area (Å²) in [5, 5.41) is 11.8. The topological polar surface area (TPSA) is 78.8 Å². The van der Waals surface area contributed by atoms with Crippen LogP contribution in [0.2, 0.25) is 5.15 Å². The molecular weight excluding hydrogens is 228 g/mol. The van der Waals surface area contributed by atoms with Gasteiger partial charge in [-0.15, -0.1) is 10.2 Å². The lowest BCUT2D eigenvalue weighted by atomic mass is 10.5. The molecule has 6 nitrogen and oxygen atoms in total. The van der Waals surface area contributed by atoms with E-state index < -0.39 is 0 Å². The number of rotatable bonds is 3. The molecular formula is C9H9ClN6. The van der Waals surface area contributed by atoms with Crippen molar-refractivity contribution in [2.24, 2.45) is 5.10 Å². The van der Waals surface area contributed by atoms with Crippen molar-refractivity contribution < 1.29 is 0 Å². The third-order valence-electron chi connectivity index (χ3n) is 1.74. The van der Waals surface area contributed by atoms with Gasteiger partial charge in [0, 0.05) is 0 Å². The predicted octanol–water partition coefficient (Wildman–Crippen LogP) is 1.61. The maximum absolute atomic E-state index is 5.59. The number of anilines is 1. The van der Waals surface area contributed by atoms with Gasteiger partial charge in [-0.3, -0.25) is 5.43 Å². The number of hydrogen-bond donors (Lipinski definition) is 2. The summed E-state index contributed by atoms with van der Waals surface area (Å²) in [5.74, 6) is 1.37. The Balaban J connectivity index is 1.97. The molecule has 2 aromatic rings. The van der Waals surface area contributed by atoms with E-state index in [1.807, 2.05) is 6.92 Å². The van der Waals surface area contributed by atoms with E-state index in [0.29, 0.717) is 11.0 Å². The van der Waals surface area contributed by atoms with Crippen LogP contribution in [0.3, 0.4) is 0 Å². The Bertz CT molecular complexity index is 489. The summed E-state index contributed by atoms with van der Waals surface area (Å²) < 4.78 is 0. The fourth-order valence-electron chi connectivity index (χ4n) is 1.05. The fraction of sp³-hybridized carbons (Fsp3) is 0.111. The molecule has 0 aliphatic rings. The van der Waals surface area contributed by atoms with E-state index >= 15 is 0 Å². The normalized spacial score (nSPS) is 10.9. The van der Waals surface area contributed by atoms with Crippen LogP contribution in [0, 0.1) is 6.92 Å². The van der Waals surface area contributed by atoms with E-state index in [1.54, 1.807) is 24.5 Å². The molecule has 16 heavy (non-hydrogen) atoms. The summed E-state index contributed by atoms with van der Waals surface area (Å²) in [7, 11) is 0. The maximum atomic E-state index is 5.59. The highest BCUT2D eigenvalue weighted by Crippen LogP contribution is 2.05. The molecule has 0 radical (unpaired) electrons. The predicted molar refractivity (Wildman–Crippen MR) is 61.6 cm³/mol. The van der Waals surface area contributed by atoms with Gasteiger partial charge in [0.25, 0.3) is 0 Å². The highest BCUT2D eigenvalue weighted by Gasteiger charge is 1.93. The van der Waals surface area contributed by atoms with Crippen molar-refractivity contribution in [2.75, 3.05) is 5.43 Å². The molecule has 0 amide bonds. The van der Waals surface area contributed by atoms with E-state index in [9.17, 15) is 0 Å². The Hall–Kier alpha value is -1.95. The Morgan fingerprint density at radius 1 is 1.44 bits per heavy atom. The van der Waals surface area contributed by atoms with Gasteiger partial charge in [-0.25, -0.2) is 4.98 Å². The first-order chi connectivity index (χ1) is 7.74. The van der Waals surface area contributed by atoms with Crippen LogP contribution < -0.4 is 5.43 Å². The first-order valence-corrected chi connectivity index (χ1v) is 4.92. The number of hydrogen-bond acceptors (Lipinski definition) is 5. The third kappa shape index (κ3) is 2.77. The molecule has 2 N–H and O–H groups in total. The molecule has 2 rings (SSSR count). The van der Waals surface area contributed by atoms with Gasteiger partial charge in [0.1, 0.15) is 5.82 Å². The van der Waals surface area contributed by atoms with Crippen molar-refractivity contribution in [1.82, 2.24) is 20.2 Å². The smallest absolute Gasteiger partial charge is 0.168 e. The van der Waals surface area contributed by atoms with Crippen LogP contribution in [-0.4, -0.2) is 26.4 Å². The number of nitrogens with zero attached hydrogens (tertiary/aromatic N) is 4. The lowest BCUT2D eigenvalue weighted by Crippen LogP contribution is -1.95. The van der Waals surface area contributed by atoms with Crippen molar-refractivity contribution in [2.45, 2.75) is 6.92 Å². The number of nitrogens with one attached hydrogen (secondary N) is 2. The number of H-pyrrole nitrogens is 1. The highest BCUT2D eigenvalue weighted by molar-refractivity contribution is 6.29. The molecule has 0 saturated carbocycles. The zero-order valence-corrected chi connectivity index (χ0v) is 9.23. The number of imidazole rings is 1. The molecule has 2 aromatic heterocycles. The Labute approximate surface area is 96.8 Å². The Kier molecular flexibility index (Phi) is 3.11. The lowest BCUT2D eigenvalue weighted by Gasteiger charge is -1.96.